The lowest BCUT2D eigenvalue weighted by Crippen LogP contribution is -2.63. The van der Waals surface area contributed by atoms with Crippen LogP contribution in [0.2, 0.25) is 0 Å². The van der Waals surface area contributed by atoms with E-state index in [1.807, 2.05) is 0 Å². The number of phenolic OH excluding ortho intramolecular Hbond substituents is 28. The van der Waals surface area contributed by atoms with Crippen LogP contribution < -0.4 is 0 Å². The number of phenols is 28. The van der Waals surface area contributed by atoms with Crippen LogP contribution in [0.25, 0.3) is 0 Å². The van der Waals surface area contributed by atoms with Gasteiger partial charge in [0, 0.05) is 17.9 Å². The van der Waals surface area contributed by atoms with Gasteiger partial charge in [0.05, 0.1) is 50.1 Å². The van der Waals surface area contributed by atoms with Crippen LogP contribution in [0, 0.1) is 5.92 Å². The molecule has 10 aromatic carbocycles. The van der Waals surface area contributed by atoms with Crippen LogP contribution in [0.5, 0.6) is 161 Å². The van der Waals surface area contributed by atoms with Crippen LogP contribution in [0.1, 0.15) is 110 Å². The number of carbonyl (C=O) groups excluding carboxylic acids is 10. The van der Waals surface area contributed by atoms with Crippen molar-refractivity contribution < 1.29 is 243 Å². The first-order chi connectivity index (χ1) is 62.1. The molecule has 132 heavy (non-hydrogen) atoms. The largest absolute Gasteiger partial charge is 0.508 e. The molecule has 0 saturated carbocycles. The average Bonchev–Trinajstić information content (AvgIpc) is 0.768. The molecule has 0 radical (unpaired) electrons. The van der Waals surface area contributed by atoms with E-state index >= 15 is 0 Å². The van der Waals surface area contributed by atoms with Crippen molar-refractivity contribution in [2.75, 3.05) is 13.2 Å². The van der Waals surface area contributed by atoms with Crippen LogP contribution in [0.4, 0.5) is 0 Å². The average molecular weight is 1850 g/mol. The molecule has 2 aliphatic rings. The fraction of sp³-hybridized carbons (Fsp3) is 0.157. The van der Waals surface area contributed by atoms with Crippen molar-refractivity contribution in [1.82, 2.24) is 0 Å². The molecule has 0 amide bonds. The SMILES string of the molecule is O=C(CC1C(OC(=O)c2cc(O)c(O)c(O)c2)C(COC(=O)c2ccc(O)cc2)OC(OC(=O)c2cc(O)c(O)c(O)c2)C1OC(=O)c1cc(O)c(O)c(O)c1)c1cc(O)c(O)c(O)c1.O=C(OCC1OC(OC(=O)c2cc(O)c(O)c(O)c2)C(OC(=O)c2cc(O)c(O)c(O)c2)C(OC(=O)c2cc(O)c(O)c(O)c2)C1OC(=O)c1cc(O)c(O)c(O)c1)c1cc(O)c(O)c(O)c1. The van der Waals surface area contributed by atoms with Crippen LogP contribution in [0.15, 0.2) is 133 Å². The molecule has 0 aromatic heterocycles. The predicted octanol–water partition coefficient (Wildman–Crippen LogP) is 4.62. The number of Topliss-reactive ketones (excluding diaryl/α,β-unsaturated/α-hetero) is 1. The van der Waals surface area contributed by atoms with E-state index in [0.29, 0.717) is 109 Å². The zero-order chi connectivity index (χ0) is 96.9. The second-order valence-electron chi connectivity index (χ2n) is 28.0. The van der Waals surface area contributed by atoms with Crippen molar-refractivity contribution in [3.63, 3.8) is 0 Å². The lowest BCUT2D eigenvalue weighted by atomic mass is 9.83. The second-order valence-corrected chi connectivity index (χ2v) is 28.0. The highest BCUT2D eigenvalue weighted by molar-refractivity contribution is 5.99. The van der Waals surface area contributed by atoms with Gasteiger partial charge in [0.2, 0.25) is 18.7 Å². The van der Waals surface area contributed by atoms with E-state index in [1.54, 1.807) is 0 Å². The molecule has 49 nitrogen and oxygen atoms in total. The monoisotopic (exact) mass is 1850 g/mol. The van der Waals surface area contributed by atoms with Gasteiger partial charge in [0.25, 0.3) is 0 Å². The third-order valence-electron chi connectivity index (χ3n) is 19.2. The summed E-state index contributed by atoms with van der Waals surface area (Å²) in [7, 11) is 0. The Bertz CT molecular complexity index is 6090. The van der Waals surface area contributed by atoms with E-state index in [2.05, 4.69) is 0 Å². The molecule has 0 spiro atoms. The molecule has 10 atom stereocenters. The first-order valence-corrected chi connectivity index (χ1v) is 36.8. The molecular formula is C83H66O49. The first kappa shape index (κ1) is 94.1. The highest BCUT2D eigenvalue weighted by atomic mass is 16.8. The summed E-state index contributed by atoms with van der Waals surface area (Å²) in [6, 6.07) is 15.3. The molecule has 0 aliphatic carbocycles. The van der Waals surface area contributed by atoms with E-state index in [1.165, 1.54) is 0 Å². The second kappa shape index (κ2) is 38.1. The summed E-state index contributed by atoms with van der Waals surface area (Å²) in [5.41, 5.74) is -6.69. The van der Waals surface area contributed by atoms with Crippen molar-refractivity contribution in [2.45, 2.75) is 61.7 Å². The normalized spacial score (nSPS) is 17.8. The molecule has 0 bridgehead atoms. The Kier molecular flexibility index (Phi) is 27.2. The van der Waals surface area contributed by atoms with Gasteiger partial charge in [-0.3, -0.25) is 4.79 Å². The molecule has 692 valence electrons. The summed E-state index contributed by atoms with van der Waals surface area (Å²) in [5, 5.41) is 281. The quantitative estimate of drug-likeness (QED) is 0.0180. The van der Waals surface area contributed by atoms with Gasteiger partial charge < -0.3 is 195 Å². The minimum Gasteiger partial charge on any atom is -0.508 e. The van der Waals surface area contributed by atoms with Crippen LogP contribution in [-0.4, -0.2) is 271 Å². The third kappa shape index (κ3) is 20.5. The number of rotatable bonds is 23. The van der Waals surface area contributed by atoms with Crippen molar-refractivity contribution in [1.29, 1.82) is 0 Å². The minimum atomic E-state index is -2.56. The molecule has 2 fully saturated rings. The highest BCUT2D eigenvalue weighted by Crippen LogP contribution is 2.47. The third-order valence-corrected chi connectivity index (χ3v) is 19.2. The number of benzene rings is 10. The first-order valence-electron chi connectivity index (χ1n) is 36.8. The topological polar surface area (TPSA) is 839 Å². The summed E-state index contributed by atoms with van der Waals surface area (Å²) < 4.78 is 61.5. The fourth-order valence-electron chi connectivity index (χ4n) is 12.5. The van der Waals surface area contributed by atoms with E-state index in [-0.39, 0.29) is 11.3 Å². The standard InChI is InChI=1S/C42H34O23.C41H32O26/c43-20-3-1-15(2-4-20)38(57)61-14-31-36(63-39(58)17-7-25(47)33(54)26(48)8-17)21(13-22(44)16-5-23(45)32(53)24(46)6-16)37(64-40(59)18-9-27(49)34(55)28(50)10-18)42(62-31)65-41(60)19-11-29(51)35(56)30(52)12-19;42-17-1-12(2-18(43)28(17)52)36(57)62-11-27-33(64-37(58)13-3-19(44)29(53)20(45)4-13)34(65-38(59)14-5-21(46)30(54)22(47)6-14)35(66-39(60)15-7-23(48)31(55)24(49)8-15)41(63-27)67-40(61)16-9-25(50)32(56)26(51)10-16/h1-12,21,31,36-37,42-43,45-56H,13-14H2;1-10,27,33-35,41-56H,11H2. The van der Waals surface area contributed by atoms with Gasteiger partial charge in [-0.05, 0) is 133 Å². The van der Waals surface area contributed by atoms with Crippen molar-refractivity contribution in [3.05, 3.63) is 189 Å². The summed E-state index contributed by atoms with van der Waals surface area (Å²) in [5.74, 6) is -45.9. The lowest BCUT2D eigenvalue weighted by Gasteiger charge is -2.44. The smallest absolute Gasteiger partial charge is 0.340 e. The maximum Gasteiger partial charge on any atom is 0.340 e. The Labute approximate surface area is 730 Å². The Hall–Kier alpha value is -18.6. The van der Waals surface area contributed by atoms with Gasteiger partial charge in [-0.15, -0.1) is 0 Å². The Morgan fingerprint density at radius 1 is 0.212 bits per heavy atom. The van der Waals surface area contributed by atoms with Gasteiger partial charge in [-0.25, -0.2) is 43.2 Å². The van der Waals surface area contributed by atoms with Gasteiger partial charge >= 0.3 is 53.7 Å². The van der Waals surface area contributed by atoms with Gasteiger partial charge in [0.15, 0.2) is 179 Å². The summed E-state index contributed by atoms with van der Waals surface area (Å²) in [6.45, 7) is -2.26. The minimum absolute atomic E-state index is 0.164. The van der Waals surface area contributed by atoms with Crippen LogP contribution in [-0.2, 0) is 52.1 Å². The number of ether oxygens (including phenoxy) is 11. The fourth-order valence-corrected chi connectivity index (χ4v) is 12.5. The highest BCUT2D eigenvalue weighted by Gasteiger charge is 2.57. The molecular weight excluding hydrogens is 1780 g/mol. The molecule has 12 rings (SSSR count). The van der Waals surface area contributed by atoms with E-state index in [0.717, 1.165) is 24.3 Å². The number of carbonyl (C=O) groups is 10. The number of esters is 9. The number of ketones is 1. The van der Waals surface area contributed by atoms with E-state index < -0.39 is 346 Å². The van der Waals surface area contributed by atoms with Crippen molar-refractivity contribution >= 4 is 59.5 Å². The Morgan fingerprint density at radius 2 is 0.409 bits per heavy atom. The van der Waals surface area contributed by atoms with E-state index in [4.69, 9.17) is 52.1 Å². The van der Waals surface area contributed by atoms with E-state index in [9.17, 15) is 191 Å². The zero-order valence-corrected chi connectivity index (χ0v) is 65.7. The maximum atomic E-state index is 14.1. The van der Waals surface area contributed by atoms with Crippen LogP contribution >= 0.6 is 0 Å². The molecule has 2 heterocycles. The number of aromatic hydroxyl groups is 28. The molecule has 2 aliphatic heterocycles. The number of hydrogen-bond donors (Lipinski definition) is 28. The molecule has 10 aromatic rings. The van der Waals surface area contributed by atoms with Gasteiger partial charge in [-0.1, -0.05) is 0 Å². The molecule has 28 N–H and O–H groups in total. The summed E-state index contributed by atoms with van der Waals surface area (Å²) in [6.07, 6.45) is -21.9. The van der Waals surface area contributed by atoms with Gasteiger partial charge in [-0.2, -0.15) is 0 Å². The van der Waals surface area contributed by atoms with Gasteiger partial charge in [0.1, 0.15) is 37.3 Å². The predicted molar refractivity (Wildman–Crippen MR) is 418 cm³/mol. The van der Waals surface area contributed by atoms with Crippen molar-refractivity contribution in [2.24, 2.45) is 5.92 Å². The number of hydrogen-bond acceptors (Lipinski definition) is 49. The molecule has 10 unspecified atom stereocenters. The maximum absolute atomic E-state index is 14.1. The molecule has 49 heteroatoms. The molecule has 2 saturated heterocycles. The Morgan fingerprint density at radius 3 is 0.682 bits per heavy atom. The summed E-state index contributed by atoms with van der Waals surface area (Å²) in [4.78, 5) is 137. The zero-order valence-electron chi connectivity index (χ0n) is 65.7. The van der Waals surface area contributed by atoms with Crippen molar-refractivity contribution in [3.8, 4) is 161 Å². The summed E-state index contributed by atoms with van der Waals surface area (Å²) >= 11 is 0. The Balaban J connectivity index is 0.000000255. The lowest BCUT2D eigenvalue weighted by molar-refractivity contribution is -0.282. The van der Waals surface area contributed by atoms with Crippen LogP contribution in [0.3, 0.4) is 0 Å².